The van der Waals surface area contributed by atoms with Crippen LogP contribution in [-0.4, -0.2) is 29.9 Å². The Morgan fingerprint density at radius 3 is 2.14 bits per heavy atom. The normalized spacial score (nSPS) is 15.9. The first-order valence-corrected chi connectivity index (χ1v) is 5.41. The van der Waals surface area contributed by atoms with Crippen LogP contribution in [0.4, 0.5) is 0 Å². The van der Waals surface area contributed by atoms with Crippen LogP contribution in [0.25, 0.3) is 0 Å². The van der Waals surface area contributed by atoms with Gasteiger partial charge in [-0.2, -0.15) is 0 Å². The van der Waals surface area contributed by atoms with Gasteiger partial charge in [-0.3, -0.25) is 9.69 Å². The van der Waals surface area contributed by atoms with Crippen LogP contribution in [0.2, 0.25) is 0 Å². The van der Waals surface area contributed by atoms with E-state index in [-0.39, 0.29) is 11.9 Å². The quantitative estimate of drug-likeness (QED) is 0.708. The number of amides is 1. The summed E-state index contributed by atoms with van der Waals surface area (Å²) in [5, 5.41) is 0. The van der Waals surface area contributed by atoms with E-state index in [0.717, 1.165) is 12.8 Å². The van der Waals surface area contributed by atoms with Gasteiger partial charge >= 0.3 is 0 Å². The molecule has 2 unspecified atom stereocenters. The summed E-state index contributed by atoms with van der Waals surface area (Å²) in [7, 11) is 1.98. The summed E-state index contributed by atoms with van der Waals surface area (Å²) in [6, 6.07) is 0.288. The molecule has 0 rings (SSSR count). The molecule has 3 nitrogen and oxygen atoms in total. The number of nitrogens with two attached hydrogens (primary N) is 1. The Kier molecular flexibility index (Phi) is 5.77. The second kappa shape index (κ2) is 6.02. The summed E-state index contributed by atoms with van der Waals surface area (Å²) in [5.74, 6) is 0.434. The SMILES string of the molecule is CCC(C(N)=O)N(C)C(C)CC(C)C. The Bertz CT molecular complexity index is 180. The Hall–Kier alpha value is -0.570. The number of rotatable bonds is 6. The van der Waals surface area contributed by atoms with Gasteiger partial charge in [-0.05, 0) is 32.7 Å². The summed E-state index contributed by atoms with van der Waals surface area (Å²) >= 11 is 0. The molecule has 0 radical (unpaired) electrons. The van der Waals surface area contributed by atoms with E-state index in [9.17, 15) is 4.79 Å². The van der Waals surface area contributed by atoms with Crippen LogP contribution in [0.15, 0.2) is 0 Å². The van der Waals surface area contributed by atoms with E-state index in [4.69, 9.17) is 5.73 Å². The minimum atomic E-state index is -0.217. The van der Waals surface area contributed by atoms with Crippen molar-refractivity contribution in [1.29, 1.82) is 0 Å². The van der Waals surface area contributed by atoms with Gasteiger partial charge in [0.2, 0.25) is 5.91 Å². The maximum Gasteiger partial charge on any atom is 0.234 e. The minimum Gasteiger partial charge on any atom is -0.368 e. The van der Waals surface area contributed by atoms with E-state index in [1.807, 2.05) is 14.0 Å². The number of hydrogen-bond acceptors (Lipinski definition) is 2. The number of carbonyl (C=O) groups is 1. The molecular formula is C11H24N2O. The fourth-order valence-electron chi connectivity index (χ4n) is 1.85. The van der Waals surface area contributed by atoms with Gasteiger partial charge in [-0.25, -0.2) is 0 Å². The molecule has 0 saturated carbocycles. The van der Waals surface area contributed by atoms with E-state index in [0.29, 0.717) is 12.0 Å². The molecule has 1 amide bonds. The lowest BCUT2D eigenvalue weighted by Gasteiger charge is -2.31. The highest BCUT2D eigenvalue weighted by Gasteiger charge is 2.22. The lowest BCUT2D eigenvalue weighted by atomic mass is 10.0. The molecule has 0 aromatic heterocycles. The highest BCUT2D eigenvalue weighted by Crippen LogP contribution is 2.13. The van der Waals surface area contributed by atoms with Crippen molar-refractivity contribution >= 4 is 5.91 Å². The highest BCUT2D eigenvalue weighted by atomic mass is 16.1. The molecule has 2 N–H and O–H groups in total. The summed E-state index contributed by atoms with van der Waals surface area (Å²) in [4.78, 5) is 13.2. The minimum absolute atomic E-state index is 0.122. The lowest BCUT2D eigenvalue weighted by molar-refractivity contribution is -0.123. The lowest BCUT2D eigenvalue weighted by Crippen LogP contribution is -2.46. The number of carbonyl (C=O) groups excluding carboxylic acids is 1. The topological polar surface area (TPSA) is 46.3 Å². The molecule has 0 aromatic rings. The number of likely N-dealkylation sites (N-methyl/N-ethyl adjacent to an activating group) is 1. The summed E-state index contributed by atoms with van der Waals surface area (Å²) in [5.41, 5.74) is 5.34. The van der Waals surface area contributed by atoms with Gasteiger partial charge in [0, 0.05) is 6.04 Å². The zero-order chi connectivity index (χ0) is 11.3. The fourth-order valence-corrected chi connectivity index (χ4v) is 1.85. The standard InChI is InChI=1S/C11H24N2O/c1-6-10(11(12)14)13(5)9(4)7-8(2)3/h8-10H,6-7H2,1-5H3,(H2,12,14). The largest absolute Gasteiger partial charge is 0.368 e. The molecule has 0 fully saturated rings. The highest BCUT2D eigenvalue weighted by molar-refractivity contribution is 5.79. The number of hydrogen-bond donors (Lipinski definition) is 1. The van der Waals surface area contributed by atoms with Crippen LogP contribution in [0.3, 0.4) is 0 Å². The molecule has 0 heterocycles. The maximum absolute atomic E-state index is 11.1. The first-order chi connectivity index (χ1) is 6.40. The molecule has 3 heteroatoms. The van der Waals surface area contributed by atoms with Crippen molar-refractivity contribution in [3.05, 3.63) is 0 Å². The number of primary amides is 1. The van der Waals surface area contributed by atoms with E-state index >= 15 is 0 Å². The van der Waals surface area contributed by atoms with Gasteiger partial charge in [0.1, 0.15) is 0 Å². The molecule has 0 bridgehead atoms. The van der Waals surface area contributed by atoms with Crippen LogP contribution in [0, 0.1) is 5.92 Å². The third kappa shape index (κ3) is 4.09. The van der Waals surface area contributed by atoms with Gasteiger partial charge in [0.25, 0.3) is 0 Å². The van der Waals surface area contributed by atoms with E-state index in [2.05, 4.69) is 25.7 Å². The first-order valence-electron chi connectivity index (χ1n) is 5.41. The van der Waals surface area contributed by atoms with Gasteiger partial charge in [-0.15, -0.1) is 0 Å². The molecule has 0 aliphatic rings. The second-order valence-corrected chi connectivity index (χ2v) is 4.47. The fraction of sp³-hybridized carbons (Fsp3) is 0.909. The van der Waals surface area contributed by atoms with Crippen molar-refractivity contribution < 1.29 is 4.79 Å². The molecule has 0 aliphatic carbocycles. The van der Waals surface area contributed by atoms with Gasteiger partial charge in [-0.1, -0.05) is 20.8 Å². The van der Waals surface area contributed by atoms with E-state index < -0.39 is 0 Å². The molecule has 0 saturated heterocycles. The average Bonchev–Trinajstić information content (AvgIpc) is 2.03. The Morgan fingerprint density at radius 2 is 1.86 bits per heavy atom. The third-order valence-electron chi connectivity index (χ3n) is 2.71. The van der Waals surface area contributed by atoms with Crippen molar-refractivity contribution in [2.24, 2.45) is 11.7 Å². The van der Waals surface area contributed by atoms with Crippen LogP contribution >= 0.6 is 0 Å². The van der Waals surface area contributed by atoms with Gasteiger partial charge < -0.3 is 5.73 Å². The number of nitrogens with zero attached hydrogens (tertiary/aromatic N) is 1. The molecule has 2 atom stereocenters. The van der Waals surface area contributed by atoms with Crippen molar-refractivity contribution in [3.8, 4) is 0 Å². The smallest absolute Gasteiger partial charge is 0.234 e. The molecule has 0 aromatic carbocycles. The summed E-state index contributed by atoms with van der Waals surface area (Å²) < 4.78 is 0. The predicted molar refractivity (Wildman–Crippen MR) is 60.0 cm³/mol. The van der Waals surface area contributed by atoms with Crippen LogP contribution < -0.4 is 5.73 Å². The first kappa shape index (κ1) is 13.4. The molecule has 84 valence electrons. The Labute approximate surface area is 87.6 Å². The average molecular weight is 200 g/mol. The van der Waals surface area contributed by atoms with Crippen molar-refractivity contribution in [1.82, 2.24) is 4.90 Å². The third-order valence-corrected chi connectivity index (χ3v) is 2.71. The van der Waals surface area contributed by atoms with Crippen LogP contribution in [0.5, 0.6) is 0 Å². The van der Waals surface area contributed by atoms with Gasteiger partial charge in [0.15, 0.2) is 0 Å². The maximum atomic E-state index is 11.1. The zero-order valence-corrected chi connectivity index (χ0v) is 10.1. The molecular weight excluding hydrogens is 176 g/mol. The summed E-state index contributed by atoms with van der Waals surface area (Å²) in [6.07, 6.45) is 1.88. The molecule has 0 aliphatic heterocycles. The van der Waals surface area contributed by atoms with Gasteiger partial charge in [0.05, 0.1) is 6.04 Å². The Balaban J connectivity index is 4.26. The summed E-state index contributed by atoms with van der Waals surface area (Å²) in [6.45, 7) is 8.52. The van der Waals surface area contributed by atoms with Crippen molar-refractivity contribution in [2.75, 3.05) is 7.05 Å². The zero-order valence-electron chi connectivity index (χ0n) is 10.1. The van der Waals surface area contributed by atoms with Crippen LogP contribution in [-0.2, 0) is 4.79 Å². The van der Waals surface area contributed by atoms with Crippen LogP contribution in [0.1, 0.15) is 40.5 Å². The van der Waals surface area contributed by atoms with Crippen molar-refractivity contribution in [2.45, 2.75) is 52.6 Å². The Morgan fingerprint density at radius 1 is 1.36 bits per heavy atom. The molecule has 14 heavy (non-hydrogen) atoms. The molecule has 0 spiro atoms. The predicted octanol–water partition coefficient (Wildman–Crippen LogP) is 1.62. The monoisotopic (exact) mass is 200 g/mol. The van der Waals surface area contributed by atoms with E-state index in [1.54, 1.807) is 0 Å². The van der Waals surface area contributed by atoms with E-state index in [1.165, 1.54) is 0 Å². The second-order valence-electron chi connectivity index (χ2n) is 4.47. The van der Waals surface area contributed by atoms with Crippen molar-refractivity contribution in [3.63, 3.8) is 0 Å².